The lowest BCUT2D eigenvalue weighted by Gasteiger charge is -2.17. The van der Waals surface area contributed by atoms with Crippen molar-refractivity contribution >= 4 is 51.7 Å². The lowest BCUT2D eigenvalue weighted by molar-refractivity contribution is 0.0952. The van der Waals surface area contributed by atoms with Crippen LogP contribution in [0.15, 0.2) is 54.9 Å². The van der Waals surface area contributed by atoms with Crippen molar-refractivity contribution in [2.24, 2.45) is 0 Å². The number of halogens is 3. The summed E-state index contributed by atoms with van der Waals surface area (Å²) in [5.41, 5.74) is 3.12. The Morgan fingerprint density at radius 3 is 2.62 bits per heavy atom. The predicted molar refractivity (Wildman–Crippen MR) is 143 cm³/mol. The number of amides is 1. The van der Waals surface area contributed by atoms with Gasteiger partial charge in [-0.2, -0.15) is 5.10 Å². The first-order valence-corrected chi connectivity index (χ1v) is 12.3. The van der Waals surface area contributed by atoms with E-state index < -0.39 is 5.91 Å². The number of fused-ring (bicyclic) bond motifs is 1. The molecule has 2 aromatic heterocycles. The molecule has 0 unspecified atom stereocenters. The Kier molecular flexibility index (Phi) is 7.06. The van der Waals surface area contributed by atoms with E-state index in [1.165, 1.54) is 0 Å². The van der Waals surface area contributed by atoms with Gasteiger partial charge in [-0.05, 0) is 36.8 Å². The van der Waals surface area contributed by atoms with E-state index in [0.29, 0.717) is 33.6 Å². The number of nitrogens with one attached hydrogen (secondary N) is 2. The molecule has 2 heterocycles. The number of H-pyrrole nitrogens is 1. The van der Waals surface area contributed by atoms with Crippen molar-refractivity contribution in [1.29, 1.82) is 0 Å². The van der Waals surface area contributed by atoms with Gasteiger partial charge < -0.3 is 15.0 Å². The fourth-order valence-electron chi connectivity index (χ4n) is 4.01. The molecule has 0 spiro atoms. The zero-order valence-electron chi connectivity index (χ0n) is 19.7. The molecular weight excluding hydrogens is 535 g/mol. The predicted octanol–water partition coefficient (Wildman–Crippen LogP) is 5.78. The average molecular weight is 555 g/mol. The summed E-state index contributed by atoms with van der Waals surface area (Å²) in [6.07, 6.45) is 1.55. The number of nitrogens with zero attached hydrogens (tertiary/aromatic N) is 4. The smallest absolute Gasteiger partial charge is 0.254 e. The van der Waals surface area contributed by atoms with Gasteiger partial charge in [0.25, 0.3) is 5.91 Å². The summed E-state index contributed by atoms with van der Waals surface area (Å²) in [6, 6.07) is 17.3. The Labute approximate surface area is 227 Å². The maximum Gasteiger partial charge on any atom is 0.254 e. The molecule has 1 atom stereocenters. The molecule has 0 bridgehead atoms. The lowest BCUT2D eigenvalue weighted by atomic mass is 9.98. The average Bonchev–Trinajstić information content (AvgIpc) is 3.49. The second kappa shape index (κ2) is 10.4. The number of ether oxygens (including phenoxy) is 1. The van der Waals surface area contributed by atoms with Crippen LogP contribution >= 0.6 is 34.8 Å². The topological polar surface area (TPSA) is 97.7 Å². The van der Waals surface area contributed by atoms with Crippen LogP contribution in [0.25, 0.3) is 16.7 Å². The summed E-state index contributed by atoms with van der Waals surface area (Å²) in [4.78, 5) is 25.4. The molecule has 0 aliphatic heterocycles. The summed E-state index contributed by atoms with van der Waals surface area (Å²) >= 11 is 19.2. The second-order valence-corrected chi connectivity index (χ2v) is 9.47. The summed E-state index contributed by atoms with van der Waals surface area (Å²) in [6.45, 7) is 1.99. The molecule has 1 amide bonds. The van der Waals surface area contributed by atoms with Gasteiger partial charge in [-0.1, -0.05) is 59.1 Å². The monoisotopic (exact) mass is 553 g/mol. The van der Waals surface area contributed by atoms with Crippen LogP contribution in [0, 0.1) is 13.0 Å². The number of methoxy groups -OCH3 is 1. The van der Waals surface area contributed by atoms with Crippen molar-refractivity contribution in [3.63, 3.8) is 0 Å². The third-order valence-corrected chi connectivity index (χ3v) is 6.72. The Morgan fingerprint density at radius 1 is 1.19 bits per heavy atom. The molecule has 1 radical (unpaired) electrons. The van der Waals surface area contributed by atoms with E-state index in [1.54, 1.807) is 55.4 Å². The van der Waals surface area contributed by atoms with E-state index >= 15 is 0 Å². The quantitative estimate of drug-likeness (QED) is 0.266. The number of carbonyl (C=O) groups is 1. The van der Waals surface area contributed by atoms with Crippen LogP contribution in [0.1, 0.15) is 33.5 Å². The Morgan fingerprint density at radius 2 is 1.97 bits per heavy atom. The summed E-state index contributed by atoms with van der Waals surface area (Å²) in [5, 5.41) is 8.07. The lowest BCUT2D eigenvalue weighted by Crippen LogP contribution is -2.30. The molecule has 187 valence electrons. The molecule has 3 aromatic carbocycles. The molecular formula is C26H20Cl3N6O2. The van der Waals surface area contributed by atoms with Crippen LogP contribution in [0.4, 0.5) is 0 Å². The Balaban J connectivity index is 1.43. The first-order chi connectivity index (χ1) is 17.8. The Bertz CT molecular complexity index is 1580. The van der Waals surface area contributed by atoms with Gasteiger partial charge in [-0.15, -0.1) is 0 Å². The largest absolute Gasteiger partial charge is 0.495 e. The van der Waals surface area contributed by atoms with Crippen LogP contribution < -0.4 is 10.1 Å². The molecule has 5 rings (SSSR count). The highest BCUT2D eigenvalue weighted by Crippen LogP contribution is 2.32. The zero-order chi connectivity index (χ0) is 26.1. The minimum atomic E-state index is -0.415. The molecule has 0 aliphatic carbocycles. The number of imidazole rings is 1. The number of aryl methyl sites for hydroxylation is 1. The van der Waals surface area contributed by atoms with Gasteiger partial charge >= 0.3 is 0 Å². The SMILES string of the molecule is COc1cc2nc([C@@H](CNC(=O)c3c(Cl)cc(-n4cnc(C)n4)cc3Cl)c3c[c]ccc3)[nH]c2cc1Cl. The molecule has 0 aliphatic rings. The van der Waals surface area contributed by atoms with E-state index in [9.17, 15) is 4.79 Å². The molecule has 37 heavy (non-hydrogen) atoms. The van der Waals surface area contributed by atoms with E-state index in [-0.39, 0.29) is 28.1 Å². The van der Waals surface area contributed by atoms with Crippen molar-refractivity contribution < 1.29 is 9.53 Å². The first-order valence-electron chi connectivity index (χ1n) is 11.2. The molecule has 0 fully saturated rings. The van der Waals surface area contributed by atoms with E-state index in [1.807, 2.05) is 18.2 Å². The summed E-state index contributed by atoms with van der Waals surface area (Å²) < 4.78 is 6.86. The van der Waals surface area contributed by atoms with Crippen molar-refractivity contribution in [2.45, 2.75) is 12.8 Å². The van der Waals surface area contributed by atoms with Gasteiger partial charge in [0, 0.05) is 12.6 Å². The molecule has 0 saturated carbocycles. The van der Waals surface area contributed by atoms with Crippen LogP contribution in [0.2, 0.25) is 15.1 Å². The van der Waals surface area contributed by atoms with Crippen molar-refractivity contribution in [3.05, 3.63) is 98.8 Å². The number of hydrogen-bond acceptors (Lipinski definition) is 5. The standard InChI is InChI=1S/C26H20Cl3N6O2/c1-14-31-13-35(34-14)16-8-19(28)24(20(29)9-16)26(36)30-12-17(15-6-4-3-5-7-15)25-32-21-10-18(27)23(37-2)11-22(21)33-25/h3-4,6-11,13,17H,12H2,1-2H3,(H,30,36)(H,32,33)/t17-/m0/s1. The van der Waals surface area contributed by atoms with Crippen molar-refractivity contribution in [2.75, 3.05) is 13.7 Å². The van der Waals surface area contributed by atoms with Gasteiger partial charge in [0.05, 0.1) is 50.4 Å². The number of hydrogen-bond donors (Lipinski definition) is 2. The van der Waals surface area contributed by atoms with Crippen LogP contribution in [-0.2, 0) is 0 Å². The van der Waals surface area contributed by atoms with E-state index in [4.69, 9.17) is 44.5 Å². The third kappa shape index (κ3) is 5.13. The van der Waals surface area contributed by atoms with Crippen LogP contribution in [0.3, 0.4) is 0 Å². The van der Waals surface area contributed by atoms with Gasteiger partial charge in [-0.25, -0.2) is 14.6 Å². The maximum absolute atomic E-state index is 13.2. The minimum Gasteiger partial charge on any atom is -0.495 e. The number of rotatable bonds is 7. The zero-order valence-corrected chi connectivity index (χ0v) is 22.0. The van der Waals surface area contributed by atoms with Crippen LogP contribution in [-0.4, -0.2) is 44.3 Å². The highest BCUT2D eigenvalue weighted by Gasteiger charge is 2.23. The third-order valence-electron chi connectivity index (χ3n) is 5.83. The maximum atomic E-state index is 13.2. The Hall–Kier alpha value is -3.59. The van der Waals surface area contributed by atoms with Crippen molar-refractivity contribution in [3.8, 4) is 11.4 Å². The van der Waals surface area contributed by atoms with E-state index in [0.717, 1.165) is 11.1 Å². The van der Waals surface area contributed by atoms with Gasteiger partial charge in [-0.3, -0.25) is 4.79 Å². The van der Waals surface area contributed by atoms with E-state index in [2.05, 4.69) is 26.4 Å². The fraction of sp³-hybridized carbons (Fsp3) is 0.154. The molecule has 5 aromatic rings. The summed E-state index contributed by atoms with van der Waals surface area (Å²) in [5.74, 6) is 1.05. The molecule has 8 nitrogen and oxygen atoms in total. The van der Waals surface area contributed by atoms with Gasteiger partial charge in [0.2, 0.25) is 0 Å². The first kappa shape index (κ1) is 25.1. The number of benzene rings is 3. The number of aromatic nitrogens is 5. The summed E-state index contributed by atoms with van der Waals surface area (Å²) in [7, 11) is 1.55. The molecule has 2 N–H and O–H groups in total. The molecule has 0 saturated heterocycles. The van der Waals surface area contributed by atoms with Gasteiger partial charge in [0.1, 0.15) is 23.7 Å². The number of carbonyl (C=O) groups excluding carboxylic acids is 1. The van der Waals surface area contributed by atoms with Crippen molar-refractivity contribution in [1.82, 2.24) is 30.0 Å². The highest BCUT2D eigenvalue weighted by atomic mass is 35.5. The normalized spacial score (nSPS) is 12.0. The molecule has 11 heteroatoms. The minimum absolute atomic E-state index is 0.170. The second-order valence-electron chi connectivity index (χ2n) is 8.25. The van der Waals surface area contributed by atoms with Crippen LogP contribution in [0.5, 0.6) is 5.75 Å². The number of aromatic amines is 1. The fourth-order valence-corrected chi connectivity index (χ4v) is 4.90. The highest BCUT2D eigenvalue weighted by molar-refractivity contribution is 6.40. The van der Waals surface area contributed by atoms with Gasteiger partial charge in [0.15, 0.2) is 0 Å².